The number of benzene rings is 2. The zero-order chi connectivity index (χ0) is 24.0. The summed E-state index contributed by atoms with van der Waals surface area (Å²) in [6, 6.07) is 10.9. The Morgan fingerprint density at radius 2 is 1.82 bits per heavy atom. The Hall–Kier alpha value is -3.37. The van der Waals surface area contributed by atoms with Crippen LogP contribution in [0.25, 0.3) is 17.4 Å². The molecule has 2 amide bonds. The Bertz CT molecular complexity index is 1350. The first kappa shape index (κ1) is 22.4. The Labute approximate surface area is 199 Å². The molecule has 11 heteroatoms. The average molecular weight is 508 g/mol. The van der Waals surface area contributed by atoms with Crippen LogP contribution >= 0.6 is 23.4 Å². The fraction of sp³-hybridized carbons (Fsp3) is 0.130. The van der Waals surface area contributed by atoms with Gasteiger partial charge in [0.25, 0.3) is 11.1 Å². The van der Waals surface area contributed by atoms with Crippen LogP contribution in [0.5, 0.6) is 11.5 Å². The van der Waals surface area contributed by atoms with Crippen molar-refractivity contribution in [2.45, 2.75) is 12.7 Å². The maximum atomic E-state index is 13.0. The first-order valence-corrected chi connectivity index (χ1v) is 11.0. The predicted octanol–water partition coefficient (Wildman–Crippen LogP) is 6.58. The van der Waals surface area contributed by atoms with E-state index in [0.717, 1.165) is 28.8 Å². The highest BCUT2D eigenvalue weighted by Crippen LogP contribution is 2.40. The number of fused-ring (bicyclic) bond motifs is 1. The lowest BCUT2D eigenvalue weighted by Crippen LogP contribution is -2.27. The van der Waals surface area contributed by atoms with E-state index in [4.69, 9.17) is 25.5 Å². The molecule has 2 aliphatic rings. The van der Waals surface area contributed by atoms with Crippen LogP contribution in [-0.2, 0) is 17.5 Å². The molecule has 5 rings (SSSR count). The Morgan fingerprint density at radius 1 is 1.06 bits per heavy atom. The van der Waals surface area contributed by atoms with Crippen LogP contribution in [0, 0.1) is 0 Å². The second-order valence-electron chi connectivity index (χ2n) is 7.35. The van der Waals surface area contributed by atoms with Gasteiger partial charge in [-0.05, 0) is 47.7 Å². The zero-order valence-corrected chi connectivity index (χ0v) is 18.6. The highest BCUT2D eigenvalue weighted by atomic mass is 35.5. The number of rotatable bonds is 4. The zero-order valence-electron chi connectivity index (χ0n) is 17.0. The van der Waals surface area contributed by atoms with Crippen LogP contribution in [-0.4, -0.2) is 22.8 Å². The van der Waals surface area contributed by atoms with Crippen molar-refractivity contribution in [1.82, 2.24) is 4.90 Å². The summed E-state index contributed by atoms with van der Waals surface area (Å²) in [6.07, 6.45) is -3.10. The van der Waals surface area contributed by atoms with E-state index in [9.17, 15) is 22.8 Å². The lowest BCUT2D eigenvalue weighted by molar-refractivity contribution is -0.137. The number of imide groups is 1. The first-order valence-electron chi connectivity index (χ1n) is 9.80. The van der Waals surface area contributed by atoms with E-state index in [2.05, 4.69) is 0 Å². The van der Waals surface area contributed by atoms with Crippen molar-refractivity contribution >= 4 is 40.6 Å². The molecule has 0 atom stereocenters. The lowest BCUT2D eigenvalue weighted by Gasteiger charge is -2.14. The lowest BCUT2D eigenvalue weighted by atomic mass is 10.1. The van der Waals surface area contributed by atoms with Gasteiger partial charge in [-0.15, -0.1) is 0 Å². The van der Waals surface area contributed by atoms with Gasteiger partial charge in [0.2, 0.25) is 6.79 Å². The van der Waals surface area contributed by atoms with Crippen LogP contribution in [0.4, 0.5) is 18.0 Å². The molecule has 1 fully saturated rings. The number of furan rings is 1. The number of hydrogen-bond acceptors (Lipinski definition) is 6. The number of amides is 2. The second kappa shape index (κ2) is 8.44. The minimum atomic E-state index is -4.48. The fourth-order valence-corrected chi connectivity index (χ4v) is 4.48. The van der Waals surface area contributed by atoms with Crippen LogP contribution in [0.2, 0.25) is 5.02 Å². The summed E-state index contributed by atoms with van der Waals surface area (Å²) in [7, 11) is 0. The molecular formula is C23H13ClF3NO5S. The second-order valence-corrected chi connectivity index (χ2v) is 8.75. The van der Waals surface area contributed by atoms with E-state index >= 15 is 0 Å². The van der Waals surface area contributed by atoms with Crippen molar-refractivity contribution in [2.75, 3.05) is 6.79 Å². The third kappa shape index (κ3) is 4.26. The summed E-state index contributed by atoms with van der Waals surface area (Å²) in [5, 5.41) is -0.168. The average Bonchev–Trinajstić information content (AvgIpc) is 3.50. The molecule has 0 unspecified atom stereocenters. The van der Waals surface area contributed by atoms with Crippen LogP contribution < -0.4 is 9.47 Å². The summed E-state index contributed by atoms with van der Waals surface area (Å²) in [6.45, 7) is -0.00379. The molecule has 0 N–H and O–H groups in total. The molecule has 0 radical (unpaired) electrons. The van der Waals surface area contributed by atoms with E-state index in [0.29, 0.717) is 22.1 Å². The van der Waals surface area contributed by atoms with Crippen molar-refractivity contribution in [3.05, 3.63) is 75.3 Å². The molecule has 0 aliphatic carbocycles. The summed E-state index contributed by atoms with van der Waals surface area (Å²) in [5.74, 6) is 0.834. The summed E-state index contributed by atoms with van der Waals surface area (Å²) in [4.78, 5) is 26.5. The van der Waals surface area contributed by atoms with E-state index < -0.39 is 22.9 Å². The topological polar surface area (TPSA) is 69.0 Å². The summed E-state index contributed by atoms with van der Waals surface area (Å²) >= 11 is 6.99. The number of carbonyl (C=O) groups is 2. The first-order chi connectivity index (χ1) is 16.2. The Kier molecular flexibility index (Phi) is 5.57. The minimum Gasteiger partial charge on any atom is -0.457 e. The molecule has 3 aromatic rings. The monoisotopic (exact) mass is 507 g/mol. The maximum Gasteiger partial charge on any atom is 0.416 e. The number of alkyl halides is 3. The van der Waals surface area contributed by atoms with Gasteiger partial charge >= 0.3 is 6.18 Å². The number of halogens is 4. The molecule has 0 bridgehead atoms. The maximum absolute atomic E-state index is 13.0. The molecule has 2 aliphatic heterocycles. The van der Waals surface area contributed by atoms with Gasteiger partial charge in [-0.25, -0.2) is 0 Å². The quantitative estimate of drug-likeness (QED) is 0.371. The van der Waals surface area contributed by atoms with Crippen LogP contribution in [0.3, 0.4) is 0 Å². The summed E-state index contributed by atoms with van der Waals surface area (Å²) < 4.78 is 55.1. The van der Waals surface area contributed by atoms with Crippen molar-refractivity contribution < 1.29 is 36.7 Å². The Balaban J connectivity index is 1.36. The largest absolute Gasteiger partial charge is 0.457 e. The van der Waals surface area contributed by atoms with Gasteiger partial charge in [-0.3, -0.25) is 14.5 Å². The SMILES string of the molecule is O=C1S/C(=C/c2ccc(-c3cccc(C(F)(F)F)c3)o2)C(=O)N1Cc1cc2c(cc1Cl)OCO2. The highest BCUT2D eigenvalue weighted by molar-refractivity contribution is 8.18. The van der Waals surface area contributed by atoms with E-state index in [1.165, 1.54) is 30.3 Å². The third-order valence-electron chi connectivity index (χ3n) is 5.12. The molecule has 1 saturated heterocycles. The smallest absolute Gasteiger partial charge is 0.416 e. The van der Waals surface area contributed by atoms with Gasteiger partial charge in [0.15, 0.2) is 11.5 Å². The van der Waals surface area contributed by atoms with Crippen molar-refractivity contribution in [3.8, 4) is 22.8 Å². The molecule has 34 heavy (non-hydrogen) atoms. The molecule has 3 heterocycles. The van der Waals surface area contributed by atoms with Gasteiger partial charge < -0.3 is 13.9 Å². The summed E-state index contributed by atoms with van der Waals surface area (Å²) in [5.41, 5.74) is -0.0504. The van der Waals surface area contributed by atoms with Gasteiger partial charge in [0.1, 0.15) is 11.5 Å². The van der Waals surface area contributed by atoms with E-state index in [1.54, 1.807) is 12.1 Å². The number of carbonyl (C=O) groups excluding carboxylic acids is 2. The molecular weight excluding hydrogens is 495 g/mol. The molecule has 174 valence electrons. The fourth-order valence-electron chi connectivity index (χ4n) is 3.45. The van der Waals surface area contributed by atoms with Crippen LogP contribution in [0.1, 0.15) is 16.9 Å². The van der Waals surface area contributed by atoms with Crippen molar-refractivity contribution in [2.24, 2.45) is 0 Å². The molecule has 6 nitrogen and oxygen atoms in total. The highest BCUT2D eigenvalue weighted by Gasteiger charge is 2.36. The number of hydrogen-bond donors (Lipinski definition) is 0. The van der Waals surface area contributed by atoms with Crippen molar-refractivity contribution in [3.63, 3.8) is 0 Å². The normalized spacial score (nSPS) is 16.7. The molecule has 1 aromatic heterocycles. The van der Waals surface area contributed by atoms with Gasteiger partial charge in [-0.2, -0.15) is 13.2 Å². The molecule has 0 spiro atoms. The Morgan fingerprint density at radius 3 is 2.59 bits per heavy atom. The van der Waals surface area contributed by atoms with Crippen molar-refractivity contribution in [1.29, 1.82) is 0 Å². The van der Waals surface area contributed by atoms with E-state index in [-0.39, 0.29) is 35.3 Å². The number of nitrogens with zero attached hydrogens (tertiary/aromatic N) is 1. The van der Waals surface area contributed by atoms with E-state index in [1.807, 2.05) is 0 Å². The minimum absolute atomic E-state index is 0.0606. The number of thioether (sulfide) groups is 1. The molecule has 2 aromatic carbocycles. The van der Waals surface area contributed by atoms with Crippen LogP contribution in [0.15, 0.2) is 57.9 Å². The standard InChI is InChI=1S/C23H13ClF3NO5S/c24-16-9-19-18(31-11-32-19)7-13(16)10-28-21(29)20(34-22(28)30)8-15-4-5-17(33-15)12-2-1-3-14(6-12)23(25,26)27/h1-9H,10-11H2/b20-8+. The van der Waals surface area contributed by atoms with Gasteiger partial charge in [0, 0.05) is 22.7 Å². The third-order valence-corrected chi connectivity index (χ3v) is 6.38. The number of ether oxygens (including phenoxy) is 2. The molecule has 0 saturated carbocycles. The predicted molar refractivity (Wildman–Crippen MR) is 118 cm³/mol. The van der Waals surface area contributed by atoms with Gasteiger partial charge in [-0.1, -0.05) is 23.7 Å². The van der Waals surface area contributed by atoms with Gasteiger partial charge in [0.05, 0.1) is 17.0 Å².